The Labute approximate surface area is 147 Å². The molecular formula is C18H24N6O. The molecule has 0 amide bonds. The topological polar surface area (TPSA) is 87.9 Å². The third kappa shape index (κ3) is 3.88. The molecule has 2 heterocycles. The van der Waals surface area contributed by atoms with E-state index in [1.54, 1.807) is 6.33 Å². The van der Waals surface area contributed by atoms with Crippen LogP contribution in [0.2, 0.25) is 0 Å². The number of hydrogen-bond acceptors (Lipinski definition) is 6. The first-order valence-electron chi connectivity index (χ1n) is 8.67. The molecule has 0 saturated heterocycles. The molecule has 0 bridgehead atoms. The van der Waals surface area contributed by atoms with Gasteiger partial charge in [-0.2, -0.15) is 9.97 Å². The zero-order valence-corrected chi connectivity index (χ0v) is 14.6. The van der Waals surface area contributed by atoms with E-state index in [1.165, 1.54) is 0 Å². The molecule has 132 valence electrons. The lowest BCUT2D eigenvalue weighted by molar-refractivity contribution is 0.271. The summed E-state index contributed by atoms with van der Waals surface area (Å²) in [6.07, 6.45) is 3.58. The van der Waals surface area contributed by atoms with Crippen molar-refractivity contribution in [2.75, 3.05) is 17.2 Å². The molecule has 0 fully saturated rings. The molecule has 25 heavy (non-hydrogen) atoms. The predicted molar refractivity (Wildman–Crippen MR) is 100 cm³/mol. The van der Waals surface area contributed by atoms with E-state index < -0.39 is 0 Å². The van der Waals surface area contributed by atoms with Crippen LogP contribution in [0.1, 0.15) is 26.7 Å². The maximum absolute atomic E-state index is 9.45. The standard InChI is InChI=1S/C18H24N6O/c1-3-10-24-12-19-15-16(20-14-8-6-5-7-9-14)22-18(23-17(15)24)21-13(4-2)11-25/h5-9,12-13,25H,3-4,10-11H2,1-2H3,(H2,20,21,22,23)/t13-/m1/s1. The van der Waals surface area contributed by atoms with Crippen molar-refractivity contribution >= 4 is 28.6 Å². The number of aromatic nitrogens is 4. The second-order valence-electron chi connectivity index (χ2n) is 5.93. The van der Waals surface area contributed by atoms with Crippen LogP contribution >= 0.6 is 0 Å². The number of benzene rings is 1. The Hall–Kier alpha value is -2.67. The van der Waals surface area contributed by atoms with Crippen molar-refractivity contribution in [3.05, 3.63) is 36.7 Å². The highest BCUT2D eigenvalue weighted by atomic mass is 16.3. The third-order valence-electron chi connectivity index (χ3n) is 4.01. The van der Waals surface area contributed by atoms with Gasteiger partial charge in [0.1, 0.15) is 0 Å². The van der Waals surface area contributed by atoms with Crippen LogP contribution in [-0.4, -0.2) is 37.3 Å². The summed E-state index contributed by atoms with van der Waals surface area (Å²) in [6, 6.07) is 9.78. The lowest BCUT2D eigenvalue weighted by Gasteiger charge is -2.15. The van der Waals surface area contributed by atoms with Crippen LogP contribution in [0.3, 0.4) is 0 Å². The number of rotatable bonds is 8. The largest absolute Gasteiger partial charge is 0.394 e. The Balaban J connectivity index is 2.03. The summed E-state index contributed by atoms with van der Waals surface area (Å²) in [5.41, 5.74) is 2.46. The summed E-state index contributed by atoms with van der Waals surface area (Å²) in [5, 5.41) is 16.0. The molecule has 0 aliphatic carbocycles. The number of nitrogens with zero attached hydrogens (tertiary/aromatic N) is 4. The first-order chi connectivity index (χ1) is 12.2. The first-order valence-corrected chi connectivity index (χ1v) is 8.67. The second kappa shape index (κ2) is 7.94. The normalized spacial score (nSPS) is 12.3. The van der Waals surface area contributed by atoms with Crippen molar-refractivity contribution in [2.24, 2.45) is 0 Å². The van der Waals surface area contributed by atoms with Gasteiger partial charge in [-0.05, 0) is 25.0 Å². The Morgan fingerprint density at radius 2 is 1.96 bits per heavy atom. The summed E-state index contributed by atoms with van der Waals surface area (Å²) >= 11 is 0. The van der Waals surface area contributed by atoms with Crippen LogP contribution in [0.25, 0.3) is 11.2 Å². The molecule has 1 atom stereocenters. The summed E-state index contributed by atoms with van der Waals surface area (Å²) in [6.45, 7) is 5.01. The van der Waals surface area contributed by atoms with E-state index in [0.717, 1.165) is 36.2 Å². The van der Waals surface area contributed by atoms with Gasteiger partial charge in [0.05, 0.1) is 19.0 Å². The zero-order valence-electron chi connectivity index (χ0n) is 14.6. The Bertz CT molecular complexity index is 813. The van der Waals surface area contributed by atoms with Crippen LogP contribution in [0.5, 0.6) is 0 Å². The van der Waals surface area contributed by atoms with E-state index >= 15 is 0 Å². The highest BCUT2D eigenvalue weighted by molar-refractivity contribution is 5.86. The molecule has 7 nitrogen and oxygen atoms in total. The van der Waals surface area contributed by atoms with Crippen LogP contribution < -0.4 is 10.6 Å². The SMILES string of the molecule is CCCn1cnc2c(Nc3ccccc3)nc(N[C@H](CC)CO)nc21. The summed E-state index contributed by atoms with van der Waals surface area (Å²) in [5.74, 6) is 1.14. The number of nitrogens with one attached hydrogen (secondary N) is 2. The van der Waals surface area contributed by atoms with Crippen molar-refractivity contribution < 1.29 is 5.11 Å². The number of aryl methyl sites for hydroxylation is 1. The first kappa shape index (κ1) is 17.2. The average molecular weight is 340 g/mol. The molecule has 0 aliphatic heterocycles. The van der Waals surface area contributed by atoms with Gasteiger partial charge in [0, 0.05) is 12.2 Å². The number of hydrogen-bond donors (Lipinski definition) is 3. The quantitative estimate of drug-likeness (QED) is 0.584. The smallest absolute Gasteiger partial charge is 0.227 e. The van der Waals surface area contributed by atoms with Gasteiger partial charge in [-0.25, -0.2) is 4.98 Å². The zero-order chi connectivity index (χ0) is 17.6. The molecular weight excluding hydrogens is 316 g/mol. The van der Waals surface area contributed by atoms with Crippen LogP contribution in [-0.2, 0) is 6.54 Å². The van der Waals surface area contributed by atoms with Gasteiger partial charge in [-0.3, -0.25) is 0 Å². The molecule has 7 heteroatoms. The predicted octanol–water partition coefficient (Wildman–Crippen LogP) is 3.16. The fourth-order valence-electron chi connectivity index (χ4n) is 2.62. The Morgan fingerprint density at radius 1 is 1.16 bits per heavy atom. The van der Waals surface area contributed by atoms with Crippen LogP contribution in [0.15, 0.2) is 36.7 Å². The number of aliphatic hydroxyl groups excluding tert-OH is 1. The molecule has 0 saturated carbocycles. The fourth-order valence-corrected chi connectivity index (χ4v) is 2.62. The fraction of sp³-hybridized carbons (Fsp3) is 0.389. The van der Waals surface area contributed by atoms with E-state index in [1.807, 2.05) is 41.8 Å². The van der Waals surface area contributed by atoms with Gasteiger partial charge in [0.2, 0.25) is 5.95 Å². The van der Waals surface area contributed by atoms with Gasteiger partial charge in [-0.15, -0.1) is 0 Å². The number of fused-ring (bicyclic) bond motifs is 1. The molecule has 3 aromatic rings. The van der Waals surface area contributed by atoms with Gasteiger partial charge in [-0.1, -0.05) is 32.0 Å². The highest BCUT2D eigenvalue weighted by Crippen LogP contribution is 2.24. The minimum absolute atomic E-state index is 0.0353. The van der Waals surface area contributed by atoms with E-state index in [2.05, 4.69) is 32.5 Å². The van der Waals surface area contributed by atoms with Crippen molar-refractivity contribution in [1.29, 1.82) is 0 Å². The van der Waals surface area contributed by atoms with Gasteiger partial charge in [0.25, 0.3) is 0 Å². The Morgan fingerprint density at radius 3 is 2.64 bits per heavy atom. The van der Waals surface area contributed by atoms with Crippen LogP contribution in [0, 0.1) is 0 Å². The summed E-state index contributed by atoms with van der Waals surface area (Å²) in [7, 11) is 0. The van der Waals surface area contributed by atoms with E-state index in [0.29, 0.717) is 11.8 Å². The molecule has 0 radical (unpaired) electrons. The monoisotopic (exact) mass is 340 g/mol. The molecule has 3 N–H and O–H groups in total. The maximum Gasteiger partial charge on any atom is 0.227 e. The Kier molecular flexibility index (Phi) is 5.45. The minimum Gasteiger partial charge on any atom is -0.394 e. The summed E-state index contributed by atoms with van der Waals surface area (Å²) in [4.78, 5) is 13.7. The lowest BCUT2D eigenvalue weighted by Crippen LogP contribution is -2.24. The molecule has 0 aliphatic rings. The van der Waals surface area contributed by atoms with Crippen LogP contribution in [0.4, 0.5) is 17.5 Å². The van der Waals surface area contributed by atoms with Crippen molar-refractivity contribution in [2.45, 2.75) is 39.3 Å². The van der Waals surface area contributed by atoms with Gasteiger partial charge in [0.15, 0.2) is 17.0 Å². The van der Waals surface area contributed by atoms with Gasteiger partial charge < -0.3 is 20.3 Å². The maximum atomic E-state index is 9.45. The van der Waals surface area contributed by atoms with Crippen molar-refractivity contribution in [3.8, 4) is 0 Å². The number of para-hydroxylation sites is 1. The van der Waals surface area contributed by atoms with E-state index in [4.69, 9.17) is 0 Å². The third-order valence-corrected chi connectivity index (χ3v) is 4.01. The molecule has 1 aromatic carbocycles. The lowest BCUT2D eigenvalue weighted by atomic mass is 10.2. The van der Waals surface area contributed by atoms with Gasteiger partial charge >= 0.3 is 0 Å². The molecule has 0 unspecified atom stereocenters. The summed E-state index contributed by atoms with van der Waals surface area (Å²) < 4.78 is 2.03. The number of anilines is 3. The van der Waals surface area contributed by atoms with Crippen molar-refractivity contribution in [1.82, 2.24) is 19.5 Å². The molecule has 0 spiro atoms. The average Bonchev–Trinajstić information content (AvgIpc) is 3.04. The van der Waals surface area contributed by atoms with Crippen molar-refractivity contribution in [3.63, 3.8) is 0 Å². The highest BCUT2D eigenvalue weighted by Gasteiger charge is 2.15. The van der Waals surface area contributed by atoms with E-state index in [-0.39, 0.29) is 12.6 Å². The number of aliphatic hydroxyl groups is 1. The van der Waals surface area contributed by atoms with E-state index in [9.17, 15) is 5.11 Å². The molecule has 2 aromatic heterocycles. The second-order valence-corrected chi connectivity index (χ2v) is 5.93. The minimum atomic E-state index is -0.0791. The number of imidazole rings is 1. The molecule has 3 rings (SSSR count).